The van der Waals surface area contributed by atoms with Crippen LogP contribution in [0.1, 0.15) is 9.67 Å². The number of nitrogens with zero attached hydrogens (tertiary/aromatic N) is 2. The molecule has 0 bridgehead atoms. The van der Waals surface area contributed by atoms with Gasteiger partial charge in [-0.05, 0) is 24.3 Å². The van der Waals surface area contributed by atoms with Crippen molar-refractivity contribution in [1.29, 1.82) is 0 Å². The van der Waals surface area contributed by atoms with Crippen LogP contribution in [0.4, 0.5) is 10.7 Å². The van der Waals surface area contributed by atoms with E-state index in [1.54, 1.807) is 36.7 Å². The van der Waals surface area contributed by atoms with Gasteiger partial charge in [-0.2, -0.15) is 0 Å². The van der Waals surface area contributed by atoms with E-state index in [1.807, 2.05) is 0 Å². The fourth-order valence-corrected chi connectivity index (χ4v) is 2.06. The predicted molar refractivity (Wildman–Crippen MR) is 69.2 cm³/mol. The molecule has 2 aromatic heterocycles. The molecule has 2 rings (SSSR count). The molecule has 0 atom stereocenters. The maximum absolute atomic E-state index is 11.9. The van der Waals surface area contributed by atoms with Crippen molar-refractivity contribution in [1.82, 2.24) is 4.98 Å². The molecule has 92 valence electrons. The van der Waals surface area contributed by atoms with E-state index in [2.05, 4.69) is 10.3 Å². The highest BCUT2D eigenvalue weighted by molar-refractivity contribution is 7.18. The highest BCUT2D eigenvalue weighted by atomic mass is 32.1. The molecule has 0 spiro atoms. The van der Waals surface area contributed by atoms with Crippen molar-refractivity contribution in [2.24, 2.45) is 5.84 Å². The highest BCUT2D eigenvalue weighted by Crippen LogP contribution is 2.24. The number of rotatable bonds is 4. The third kappa shape index (κ3) is 2.70. The smallest absolute Gasteiger partial charge is 0.265 e. The van der Waals surface area contributed by atoms with Crippen LogP contribution < -0.4 is 16.2 Å². The first-order valence-electron chi connectivity index (χ1n) is 5.01. The zero-order chi connectivity index (χ0) is 13.0. The summed E-state index contributed by atoms with van der Waals surface area (Å²) >= 11 is 1.13. The van der Waals surface area contributed by atoms with Gasteiger partial charge in [0, 0.05) is 6.20 Å². The summed E-state index contributed by atoms with van der Waals surface area (Å²) in [5.74, 6) is 5.13. The van der Waals surface area contributed by atoms with E-state index < -0.39 is 0 Å². The summed E-state index contributed by atoms with van der Waals surface area (Å²) in [4.78, 5) is 26.7. The van der Waals surface area contributed by atoms with Crippen molar-refractivity contribution in [3.63, 3.8) is 0 Å². The van der Waals surface area contributed by atoms with Gasteiger partial charge in [0.2, 0.25) is 6.41 Å². The molecule has 2 aromatic rings. The summed E-state index contributed by atoms with van der Waals surface area (Å²) in [6.07, 6.45) is 3.65. The molecule has 0 aromatic carbocycles. The number of pyridine rings is 1. The molecule has 3 N–H and O–H groups in total. The van der Waals surface area contributed by atoms with Crippen molar-refractivity contribution in [2.45, 2.75) is 0 Å². The summed E-state index contributed by atoms with van der Waals surface area (Å²) in [7, 11) is 0. The zero-order valence-electron chi connectivity index (χ0n) is 9.24. The second-order valence-electron chi connectivity index (χ2n) is 3.35. The number of carbonyl (C=O) groups excluding carboxylic acids is 2. The van der Waals surface area contributed by atoms with E-state index in [0.717, 1.165) is 16.3 Å². The van der Waals surface area contributed by atoms with Gasteiger partial charge in [-0.1, -0.05) is 0 Å². The number of amides is 2. The number of hydrogen-bond acceptors (Lipinski definition) is 5. The van der Waals surface area contributed by atoms with E-state index in [-0.39, 0.29) is 5.91 Å². The van der Waals surface area contributed by atoms with E-state index in [9.17, 15) is 9.59 Å². The fraction of sp³-hybridized carbons (Fsp3) is 0. The van der Waals surface area contributed by atoms with Gasteiger partial charge >= 0.3 is 0 Å². The van der Waals surface area contributed by atoms with Crippen molar-refractivity contribution in [3.05, 3.63) is 41.5 Å². The zero-order valence-corrected chi connectivity index (χ0v) is 10.1. The molecule has 0 fully saturated rings. The van der Waals surface area contributed by atoms with Gasteiger partial charge in [-0.3, -0.25) is 14.6 Å². The van der Waals surface area contributed by atoms with E-state index >= 15 is 0 Å². The third-order valence-electron chi connectivity index (χ3n) is 2.10. The second-order valence-corrected chi connectivity index (χ2v) is 4.41. The number of anilines is 2. The molecule has 18 heavy (non-hydrogen) atoms. The first-order chi connectivity index (χ1) is 8.70. The minimum atomic E-state index is -0.265. The maximum Gasteiger partial charge on any atom is 0.265 e. The predicted octanol–water partition coefficient (Wildman–Crippen LogP) is 1.23. The SMILES string of the molecule is NN(C=O)c1ccc(C(=O)Nc2cccnc2)s1. The quantitative estimate of drug-likeness (QED) is 0.375. The number of thiophene rings is 1. The van der Waals surface area contributed by atoms with E-state index in [1.165, 1.54) is 0 Å². The van der Waals surface area contributed by atoms with Crippen LogP contribution in [0, 0.1) is 0 Å². The standard InChI is InChI=1S/C11H10N4O2S/c12-15(7-16)10-4-3-9(18-10)11(17)14-8-2-1-5-13-6-8/h1-7H,12H2,(H,14,17). The molecule has 6 nitrogen and oxygen atoms in total. The topological polar surface area (TPSA) is 88.3 Å². The average Bonchev–Trinajstić information content (AvgIpc) is 2.88. The number of aromatic nitrogens is 1. The van der Waals surface area contributed by atoms with Crippen LogP contribution in [-0.4, -0.2) is 17.3 Å². The Morgan fingerprint density at radius 3 is 2.94 bits per heavy atom. The minimum absolute atomic E-state index is 0.265. The molecule has 0 aliphatic carbocycles. The van der Waals surface area contributed by atoms with Crippen molar-refractivity contribution >= 4 is 34.3 Å². The van der Waals surface area contributed by atoms with Crippen molar-refractivity contribution in [2.75, 3.05) is 10.3 Å². The van der Waals surface area contributed by atoms with E-state index in [4.69, 9.17) is 5.84 Å². The Labute approximate surface area is 107 Å². The molecule has 0 aliphatic rings. The van der Waals surface area contributed by atoms with Crippen LogP contribution in [0.5, 0.6) is 0 Å². The summed E-state index contributed by atoms with van der Waals surface area (Å²) in [6, 6.07) is 6.68. The monoisotopic (exact) mass is 262 g/mol. The molecular formula is C11H10N4O2S. The first-order valence-corrected chi connectivity index (χ1v) is 5.83. The lowest BCUT2D eigenvalue weighted by molar-refractivity contribution is -0.107. The second kappa shape index (κ2) is 5.39. The van der Waals surface area contributed by atoms with Gasteiger partial charge in [-0.25, -0.2) is 10.9 Å². The van der Waals surface area contributed by atoms with Crippen LogP contribution in [0.15, 0.2) is 36.7 Å². The van der Waals surface area contributed by atoms with Crippen LogP contribution in [0.2, 0.25) is 0 Å². The molecule has 0 saturated heterocycles. The largest absolute Gasteiger partial charge is 0.320 e. The summed E-state index contributed by atoms with van der Waals surface area (Å²) in [5.41, 5.74) is 0.609. The van der Waals surface area contributed by atoms with Gasteiger partial charge in [0.25, 0.3) is 5.91 Å². The van der Waals surface area contributed by atoms with Crippen LogP contribution in [0.3, 0.4) is 0 Å². The molecule has 7 heteroatoms. The lowest BCUT2D eigenvalue weighted by atomic mass is 10.4. The Morgan fingerprint density at radius 1 is 1.44 bits per heavy atom. The Hall–Kier alpha value is -2.25. The van der Waals surface area contributed by atoms with Gasteiger partial charge < -0.3 is 5.32 Å². The Kier molecular flexibility index (Phi) is 3.66. The van der Waals surface area contributed by atoms with Gasteiger partial charge in [0.15, 0.2) is 0 Å². The molecular weight excluding hydrogens is 252 g/mol. The summed E-state index contributed by atoms with van der Waals surface area (Å²) < 4.78 is 0. The number of carbonyl (C=O) groups is 2. The van der Waals surface area contributed by atoms with E-state index in [0.29, 0.717) is 22.0 Å². The number of hydrogen-bond donors (Lipinski definition) is 2. The first kappa shape index (κ1) is 12.2. The fourth-order valence-electron chi connectivity index (χ4n) is 1.27. The highest BCUT2D eigenvalue weighted by Gasteiger charge is 2.11. The molecule has 2 amide bonds. The molecule has 0 aliphatic heterocycles. The molecule has 2 heterocycles. The normalized spacial score (nSPS) is 9.83. The van der Waals surface area contributed by atoms with Crippen molar-refractivity contribution in [3.8, 4) is 0 Å². The van der Waals surface area contributed by atoms with Crippen LogP contribution in [-0.2, 0) is 4.79 Å². The van der Waals surface area contributed by atoms with Gasteiger partial charge in [0.1, 0.15) is 5.00 Å². The summed E-state index contributed by atoms with van der Waals surface area (Å²) in [5, 5.41) is 4.11. The average molecular weight is 262 g/mol. The van der Waals surface area contributed by atoms with Gasteiger partial charge in [0.05, 0.1) is 16.8 Å². The summed E-state index contributed by atoms with van der Waals surface area (Å²) in [6.45, 7) is 0. The van der Waals surface area contributed by atoms with Crippen LogP contribution >= 0.6 is 11.3 Å². The number of hydrazine groups is 1. The molecule has 0 radical (unpaired) electrons. The number of nitrogens with one attached hydrogen (secondary N) is 1. The lowest BCUT2D eigenvalue weighted by Crippen LogP contribution is -2.27. The Balaban J connectivity index is 2.10. The van der Waals surface area contributed by atoms with Gasteiger partial charge in [-0.15, -0.1) is 11.3 Å². The Bertz CT molecular complexity index is 555. The Morgan fingerprint density at radius 2 is 2.28 bits per heavy atom. The molecule has 0 unspecified atom stereocenters. The minimum Gasteiger partial charge on any atom is -0.320 e. The maximum atomic E-state index is 11.9. The third-order valence-corrected chi connectivity index (χ3v) is 3.20. The van der Waals surface area contributed by atoms with Crippen molar-refractivity contribution < 1.29 is 9.59 Å². The lowest BCUT2D eigenvalue weighted by Gasteiger charge is -2.05. The van der Waals surface area contributed by atoms with Crippen LogP contribution in [0.25, 0.3) is 0 Å². The molecule has 0 saturated carbocycles. The number of nitrogens with two attached hydrogens (primary N) is 1.